The molecule has 2 aromatic carbocycles. The predicted octanol–water partition coefficient (Wildman–Crippen LogP) is 5.82. The van der Waals surface area contributed by atoms with Crippen LogP contribution in [0.5, 0.6) is 0 Å². The number of thiophene rings is 1. The summed E-state index contributed by atoms with van der Waals surface area (Å²) in [6.45, 7) is 7.98. The van der Waals surface area contributed by atoms with Gasteiger partial charge < -0.3 is 9.80 Å². The van der Waals surface area contributed by atoms with Crippen molar-refractivity contribution in [2.45, 2.75) is 46.1 Å². The molecule has 0 bridgehead atoms. The Morgan fingerprint density at radius 2 is 1.80 bits per heavy atom. The summed E-state index contributed by atoms with van der Waals surface area (Å²) in [5, 5.41) is 3.75. The van der Waals surface area contributed by atoms with Crippen LogP contribution >= 0.6 is 11.3 Å². The highest BCUT2D eigenvalue weighted by Crippen LogP contribution is 2.27. The third-order valence-electron chi connectivity index (χ3n) is 6.36. The van der Waals surface area contributed by atoms with Crippen molar-refractivity contribution in [1.29, 1.82) is 0 Å². The molecule has 3 nitrogen and oxygen atoms in total. The van der Waals surface area contributed by atoms with E-state index in [1.807, 2.05) is 16.2 Å². The first-order chi connectivity index (χ1) is 14.5. The normalized spacial score (nSPS) is 13.6. The second-order valence-electron chi connectivity index (χ2n) is 8.69. The molecule has 0 fully saturated rings. The maximum Gasteiger partial charge on any atom is 0.254 e. The highest BCUT2D eigenvalue weighted by molar-refractivity contribution is 7.17. The standard InChI is InChI=1S/C26H32N2OS/c1-19-15-22-17-28(26(29)24(22)16-20(19)2)14-8-13-27(3)12-7-6-9-21-18-30-25-11-5-4-10-23(21)25/h4-5,10-11,15-16,18H,6-9,12-14,17H2,1-3H3. The van der Waals surface area contributed by atoms with Crippen LogP contribution in [0.3, 0.4) is 0 Å². The highest BCUT2D eigenvalue weighted by atomic mass is 32.1. The summed E-state index contributed by atoms with van der Waals surface area (Å²) >= 11 is 1.86. The van der Waals surface area contributed by atoms with Gasteiger partial charge in [-0.25, -0.2) is 0 Å². The second kappa shape index (κ2) is 9.32. The number of aryl methyl sites for hydroxylation is 3. The van der Waals surface area contributed by atoms with Gasteiger partial charge in [0.25, 0.3) is 5.91 Å². The molecule has 158 valence electrons. The summed E-state index contributed by atoms with van der Waals surface area (Å²) in [7, 11) is 2.20. The Hall–Kier alpha value is -2.17. The number of unbranched alkanes of at least 4 members (excludes halogenated alkanes) is 1. The van der Waals surface area contributed by atoms with Gasteiger partial charge in [-0.05, 0) is 105 Å². The quantitative estimate of drug-likeness (QED) is 0.407. The zero-order valence-electron chi connectivity index (χ0n) is 18.4. The number of rotatable bonds is 9. The van der Waals surface area contributed by atoms with Crippen LogP contribution < -0.4 is 0 Å². The van der Waals surface area contributed by atoms with E-state index in [2.05, 4.69) is 67.6 Å². The summed E-state index contributed by atoms with van der Waals surface area (Å²) < 4.78 is 1.40. The molecule has 30 heavy (non-hydrogen) atoms. The first-order valence-corrected chi connectivity index (χ1v) is 11.9. The molecule has 4 rings (SSSR count). The van der Waals surface area contributed by atoms with Gasteiger partial charge in [0.2, 0.25) is 0 Å². The topological polar surface area (TPSA) is 23.6 Å². The number of amides is 1. The maximum absolute atomic E-state index is 12.7. The summed E-state index contributed by atoms with van der Waals surface area (Å²) in [4.78, 5) is 17.1. The van der Waals surface area contributed by atoms with Crippen LogP contribution in [0.1, 0.15) is 51.9 Å². The van der Waals surface area contributed by atoms with Crippen molar-refractivity contribution < 1.29 is 4.79 Å². The second-order valence-corrected chi connectivity index (χ2v) is 9.60. The van der Waals surface area contributed by atoms with Gasteiger partial charge in [0.15, 0.2) is 0 Å². The fourth-order valence-electron chi connectivity index (χ4n) is 4.40. The van der Waals surface area contributed by atoms with Gasteiger partial charge in [0.1, 0.15) is 0 Å². The highest BCUT2D eigenvalue weighted by Gasteiger charge is 2.27. The van der Waals surface area contributed by atoms with Crippen molar-refractivity contribution in [2.75, 3.05) is 26.7 Å². The van der Waals surface area contributed by atoms with Gasteiger partial charge in [-0.1, -0.05) is 24.3 Å². The first-order valence-electron chi connectivity index (χ1n) is 11.1. The Morgan fingerprint density at radius 3 is 2.67 bits per heavy atom. The minimum absolute atomic E-state index is 0.207. The monoisotopic (exact) mass is 420 g/mol. The van der Waals surface area contributed by atoms with E-state index in [9.17, 15) is 4.79 Å². The number of carbonyl (C=O) groups is 1. The van der Waals surface area contributed by atoms with Crippen LogP contribution in [-0.4, -0.2) is 42.4 Å². The lowest BCUT2D eigenvalue weighted by atomic mass is 10.0. The molecule has 1 amide bonds. The van der Waals surface area contributed by atoms with Crippen LogP contribution in [0.2, 0.25) is 0 Å². The summed E-state index contributed by atoms with van der Waals surface area (Å²) in [5.41, 5.74) is 6.08. The van der Waals surface area contributed by atoms with Crippen molar-refractivity contribution in [3.63, 3.8) is 0 Å². The minimum Gasteiger partial charge on any atom is -0.334 e. The summed E-state index contributed by atoms with van der Waals surface area (Å²) in [6, 6.07) is 13.0. The smallest absolute Gasteiger partial charge is 0.254 e. The van der Waals surface area contributed by atoms with Crippen molar-refractivity contribution in [1.82, 2.24) is 9.80 Å². The fraction of sp³-hybridized carbons (Fsp3) is 0.423. The molecule has 3 aromatic rings. The SMILES string of the molecule is Cc1cc2c(cc1C)C(=O)N(CCCN(C)CCCCc1csc3ccccc13)C2. The Morgan fingerprint density at radius 1 is 1.03 bits per heavy atom. The molecular formula is C26H32N2OS. The van der Waals surface area contributed by atoms with Crippen molar-refractivity contribution in [2.24, 2.45) is 0 Å². The third kappa shape index (κ3) is 4.60. The van der Waals surface area contributed by atoms with Crippen LogP contribution in [0, 0.1) is 13.8 Å². The maximum atomic E-state index is 12.7. The molecule has 1 aromatic heterocycles. The van der Waals surface area contributed by atoms with Crippen LogP contribution in [0.25, 0.3) is 10.1 Å². The lowest BCUT2D eigenvalue weighted by Crippen LogP contribution is -2.29. The molecule has 0 unspecified atom stereocenters. The van der Waals surface area contributed by atoms with Crippen molar-refractivity contribution >= 4 is 27.3 Å². The van der Waals surface area contributed by atoms with E-state index in [0.717, 1.165) is 44.6 Å². The van der Waals surface area contributed by atoms with E-state index in [4.69, 9.17) is 0 Å². The molecule has 0 saturated carbocycles. The molecule has 4 heteroatoms. The number of fused-ring (bicyclic) bond motifs is 2. The Balaban J connectivity index is 1.16. The molecule has 0 N–H and O–H groups in total. The van der Waals surface area contributed by atoms with Crippen LogP contribution in [0.15, 0.2) is 41.8 Å². The molecule has 0 radical (unpaired) electrons. The van der Waals surface area contributed by atoms with Gasteiger partial charge >= 0.3 is 0 Å². The van der Waals surface area contributed by atoms with Crippen molar-refractivity contribution in [3.05, 3.63) is 69.6 Å². The molecule has 2 heterocycles. The predicted molar refractivity (Wildman–Crippen MR) is 128 cm³/mol. The Labute approximate surface area is 184 Å². The zero-order valence-corrected chi connectivity index (χ0v) is 19.2. The van der Waals surface area contributed by atoms with Gasteiger partial charge in [-0.15, -0.1) is 11.3 Å². The van der Waals surface area contributed by atoms with Crippen LogP contribution in [0.4, 0.5) is 0 Å². The number of hydrogen-bond acceptors (Lipinski definition) is 3. The lowest BCUT2D eigenvalue weighted by molar-refractivity contribution is 0.0772. The number of carbonyl (C=O) groups excluding carboxylic acids is 1. The number of nitrogens with zero attached hydrogens (tertiary/aromatic N) is 2. The van der Waals surface area contributed by atoms with E-state index in [1.165, 1.54) is 45.2 Å². The summed E-state index contributed by atoms with van der Waals surface area (Å²) in [5.74, 6) is 0.207. The van der Waals surface area contributed by atoms with E-state index < -0.39 is 0 Å². The molecule has 0 atom stereocenters. The average Bonchev–Trinajstić information content (AvgIpc) is 3.28. The minimum atomic E-state index is 0.207. The number of hydrogen-bond donors (Lipinski definition) is 0. The fourth-order valence-corrected chi connectivity index (χ4v) is 5.40. The summed E-state index contributed by atoms with van der Waals surface area (Å²) in [6.07, 6.45) is 4.64. The molecule has 0 saturated heterocycles. The Kier molecular flexibility index (Phi) is 6.55. The largest absolute Gasteiger partial charge is 0.334 e. The van der Waals surface area contributed by atoms with Gasteiger partial charge in [-0.3, -0.25) is 4.79 Å². The van der Waals surface area contributed by atoms with Gasteiger partial charge in [0.05, 0.1) is 0 Å². The Bertz CT molecular complexity index is 1040. The molecular weight excluding hydrogens is 388 g/mol. The molecule has 0 aliphatic carbocycles. The molecule has 0 spiro atoms. The van der Waals surface area contributed by atoms with E-state index in [-0.39, 0.29) is 5.91 Å². The zero-order chi connectivity index (χ0) is 21.1. The molecule has 1 aliphatic heterocycles. The van der Waals surface area contributed by atoms with Crippen LogP contribution in [-0.2, 0) is 13.0 Å². The average molecular weight is 421 g/mol. The van der Waals surface area contributed by atoms with Crippen molar-refractivity contribution in [3.8, 4) is 0 Å². The third-order valence-corrected chi connectivity index (χ3v) is 7.38. The number of benzene rings is 2. The molecule has 1 aliphatic rings. The van der Waals surface area contributed by atoms with E-state index in [1.54, 1.807) is 0 Å². The lowest BCUT2D eigenvalue weighted by Gasteiger charge is -2.20. The first kappa shape index (κ1) is 21.1. The van der Waals surface area contributed by atoms with E-state index in [0.29, 0.717) is 0 Å². The van der Waals surface area contributed by atoms with E-state index >= 15 is 0 Å². The van der Waals surface area contributed by atoms with Gasteiger partial charge in [0, 0.05) is 23.4 Å². The van der Waals surface area contributed by atoms with Gasteiger partial charge in [-0.2, -0.15) is 0 Å².